The standard InChI is InChI=1S/C21H28N7O11P/c1-10-4-27(21(31)26-20(10)30)16-3-12(14(39-16)6-37-40(32,33)34)36-9-35-5-13-11(29)2-15(38-13)28-8-25-17-18(22)23-7-24-19(17)28/h4,7-8,11-16,29H,2-3,5-6,9H2,1H3,(H2,22,23,24)(H,26,30,31)(H2,32,33,34)/t11-,12-,13+,14+,15+,16+/m0/s1. The Kier molecular flexibility index (Phi) is 8.14. The molecule has 18 nitrogen and oxygen atoms in total. The van der Waals surface area contributed by atoms with E-state index in [1.807, 2.05) is 0 Å². The second-order valence-electron chi connectivity index (χ2n) is 9.34. The third-order valence-electron chi connectivity index (χ3n) is 6.59. The number of aromatic nitrogens is 6. The van der Waals surface area contributed by atoms with Crippen molar-refractivity contribution in [1.29, 1.82) is 0 Å². The maximum Gasteiger partial charge on any atom is 0.469 e. The number of nitrogens with two attached hydrogens (primary N) is 1. The first-order valence-electron chi connectivity index (χ1n) is 12.1. The van der Waals surface area contributed by atoms with Crippen LogP contribution in [0.2, 0.25) is 0 Å². The third kappa shape index (κ3) is 6.14. The van der Waals surface area contributed by atoms with Gasteiger partial charge in [-0.15, -0.1) is 0 Å². The van der Waals surface area contributed by atoms with Crippen molar-refractivity contribution in [3.05, 3.63) is 45.3 Å². The molecule has 218 valence electrons. The van der Waals surface area contributed by atoms with E-state index in [0.29, 0.717) is 11.2 Å². The molecule has 2 aliphatic heterocycles. The number of fused-ring (bicyclic) bond motifs is 1. The van der Waals surface area contributed by atoms with Crippen LogP contribution in [0, 0.1) is 6.92 Å². The predicted octanol–water partition coefficient (Wildman–Crippen LogP) is -1.33. The molecular weight excluding hydrogens is 557 g/mol. The molecule has 40 heavy (non-hydrogen) atoms. The average Bonchev–Trinajstić information content (AvgIpc) is 3.60. The lowest BCUT2D eigenvalue weighted by Gasteiger charge is -2.20. The Labute approximate surface area is 224 Å². The summed E-state index contributed by atoms with van der Waals surface area (Å²) in [6.45, 7) is 0.659. The zero-order chi connectivity index (χ0) is 28.6. The van der Waals surface area contributed by atoms with Gasteiger partial charge in [0.2, 0.25) is 0 Å². The van der Waals surface area contributed by atoms with Crippen LogP contribution in [-0.4, -0.2) is 88.4 Å². The predicted molar refractivity (Wildman–Crippen MR) is 133 cm³/mol. The maximum absolute atomic E-state index is 12.3. The quantitative estimate of drug-likeness (QED) is 0.105. The first-order valence-corrected chi connectivity index (χ1v) is 13.7. The number of rotatable bonds is 10. The van der Waals surface area contributed by atoms with Crippen LogP contribution in [0.4, 0.5) is 5.82 Å². The molecule has 3 aromatic heterocycles. The fourth-order valence-corrected chi connectivity index (χ4v) is 4.92. The number of aryl methyl sites for hydroxylation is 1. The molecule has 0 bridgehead atoms. The van der Waals surface area contributed by atoms with E-state index in [1.54, 1.807) is 4.57 Å². The zero-order valence-electron chi connectivity index (χ0n) is 21.1. The maximum atomic E-state index is 12.3. The number of hydrogen-bond donors (Lipinski definition) is 5. The zero-order valence-corrected chi connectivity index (χ0v) is 22.0. The minimum absolute atomic E-state index is 0.0410. The molecule has 2 saturated heterocycles. The molecule has 0 aromatic carbocycles. The number of nitrogens with zero attached hydrogens (tertiary/aromatic N) is 5. The van der Waals surface area contributed by atoms with Crippen LogP contribution in [0.3, 0.4) is 0 Å². The number of nitrogens with one attached hydrogen (secondary N) is 1. The first-order chi connectivity index (χ1) is 19.0. The first kappa shape index (κ1) is 28.5. The summed E-state index contributed by atoms with van der Waals surface area (Å²) in [5, 5.41) is 10.5. The van der Waals surface area contributed by atoms with E-state index >= 15 is 0 Å². The highest BCUT2D eigenvalue weighted by atomic mass is 31.2. The second kappa shape index (κ2) is 11.4. The number of H-pyrrole nitrogens is 1. The monoisotopic (exact) mass is 585 g/mol. The van der Waals surface area contributed by atoms with Crippen molar-refractivity contribution in [1.82, 2.24) is 29.1 Å². The topological polar surface area (TPSA) is 248 Å². The van der Waals surface area contributed by atoms with Crippen LogP contribution in [0.15, 0.2) is 28.4 Å². The van der Waals surface area contributed by atoms with Gasteiger partial charge in [-0.2, -0.15) is 0 Å². The number of imidazole rings is 1. The lowest BCUT2D eigenvalue weighted by molar-refractivity contribution is -0.141. The molecule has 0 amide bonds. The highest BCUT2D eigenvalue weighted by Crippen LogP contribution is 2.39. The van der Waals surface area contributed by atoms with E-state index in [9.17, 15) is 19.3 Å². The molecule has 3 aromatic rings. The molecule has 2 fully saturated rings. The Balaban J connectivity index is 1.18. The number of hydrogen-bond acceptors (Lipinski definition) is 13. The Bertz CT molecular complexity index is 1520. The normalized spacial score (nSPS) is 27.1. The van der Waals surface area contributed by atoms with Gasteiger partial charge < -0.3 is 39.6 Å². The minimum Gasteiger partial charge on any atom is -0.390 e. The van der Waals surface area contributed by atoms with Gasteiger partial charge in [-0.3, -0.25) is 23.4 Å². The Morgan fingerprint density at radius 3 is 2.65 bits per heavy atom. The van der Waals surface area contributed by atoms with Crippen molar-refractivity contribution in [2.45, 2.75) is 56.6 Å². The molecule has 0 radical (unpaired) electrons. The molecule has 0 aliphatic carbocycles. The van der Waals surface area contributed by atoms with Crippen molar-refractivity contribution in [3.63, 3.8) is 0 Å². The van der Waals surface area contributed by atoms with E-state index in [0.717, 1.165) is 4.57 Å². The van der Waals surface area contributed by atoms with Crippen molar-refractivity contribution in [2.75, 3.05) is 25.7 Å². The van der Waals surface area contributed by atoms with Gasteiger partial charge >= 0.3 is 13.5 Å². The molecule has 0 unspecified atom stereocenters. The fourth-order valence-electron chi connectivity index (χ4n) is 4.58. The smallest absolute Gasteiger partial charge is 0.390 e. The van der Waals surface area contributed by atoms with Gasteiger partial charge in [0.1, 0.15) is 43.3 Å². The van der Waals surface area contributed by atoms with Crippen LogP contribution >= 0.6 is 7.82 Å². The number of anilines is 1. The van der Waals surface area contributed by atoms with Gasteiger partial charge in [0.15, 0.2) is 11.5 Å². The number of phosphoric acid groups is 1. The van der Waals surface area contributed by atoms with E-state index in [2.05, 4.69) is 24.5 Å². The largest absolute Gasteiger partial charge is 0.469 e. The highest BCUT2D eigenvalue weighted by Gasteiger charge is 2.40. The Morgan fingerprint density at radius 2 is 1.88 bits per heavy atom. The van der Waals surface area contributed by atoms with E-state index < -0.39 is 62.6 Å². The van der Waals surface area contributed by atoms with Crippen molar-refractivity contribution >= 4 is 24.8 Å². The summed E-state index contributed by atoms with van der Waals surface area (Å²) in [6.07, 6.45) is -0.315. The summed E-state index contributed by atoms with van der Waals surface area (Å²) in [5.41, 5.74) is 5.73. The summed E-state index contributed by atoms with van der Waals surface area (Å²) in [6, 6.07) is 0. The summed E-state index contributed by atoms with van der Waals surface area (Å²) in [7, 11) is -4.81. The SMILES string of the molecule is Cc1cn([C@H]2C[C@H](OCOC[C@H]3O[C@@H](n4cnc5c(N)ncnc54)C[C@@H]3O)[C@@H](COP(=O)(O)O)O2)c(=O)[nH]c1=O. The highest BCUT2D eigenvalue weighted by molar-refractivity contribution is 7.46. The number of aliphatic hydroxyl groups excluding tert-OH is 1. The van der Waals surface area contributed by atoms with Crippen molar-refractivity contribution in [3.8, 4) is 0 Å². The Hall–Kier alpha value is -3.06. The summed E-state index contributed by atoms with van der Waals surface area (Å²) in [5.74, 6) is 0.225. The van der Waals surface area contributed by atoms with E-state index in [4.69, 9.17) is 34.5 Å². The lowest BCUT2D eigenvalue weighted by atomic mass is 10.2. The van der Waals surface area contributed by atoms with Gasteiger partial charge in [-0.1, -0.05) is 0 Å². The molecule has 0 spiro atoms. The van der Waals surface area contributed by atoms with Crippen LogP contribution in [0.1, 0.15) is 30.9 Å². The molecule has 6 N–H and O–H groups in total. The van der Waals surface area contributed by atoms with Crippen molar-refractivity contribution < 1.29 is 42.9 Å². The van der Waals surface area contributed by atoms with Gasteiger partial charge in [-0.05, 0) is 6.92 Å². The molecule has 2 aliphatic rings. The van der Waals surface area contributed by atoms with E-state index in [1.165, 1.54) is 25.8 Å². The number of aliphatic hydroxyl groups is 1. The summed E-state index contributed by atoms with van der Waals surface area (Å²) >= 11 is 0. The minimum atomic E-state index is -4.81. The summed E-state index contributed by atoms with van der Waals surface area (Å²) in [4.78, 5) is 56.7. The van der Waals surface area contributed by atoms with Gasteiger partial charge in [0.05, 0.1) is 31.7 Å². The number of ether oxygens (including phenoxy) is 4. The molecule has 0 saturated carbocycles. The number of aromatic amines is 1. The van der Waals surface area contributed by atoms with Gasteiger partial charge in [0.25, 0.3) is 5.56 Å². The molecule has 6 atom stereocenters. The van der Waals surface area contributed by atoms with Crippen LogP contribution in [0.5, 0.6) is 0 Å². The van der Waals surface area contributed by atoms with Crippen LogP contribution < -0.4 is 17.0 Å². The molecule has 19 heteroatoms. The van der Waals surface area contributed by atoms with Gasteiger partial charge in [-0.25, -0.2) is 24.3 Å². The second-order valence-corrected chi connectivity index (χ2v) is 10.6. The van der Waals surface area contributed by atoms with E-state index in [-0.39, 0.29) is 37.6 Å². The fraction of sp³-hybridized carbons (Fsp3) is 0.571. The number of nitrogen functional groups attached to an aromatic ring is 1. The molecule has 5 heterocycles. The third-order valence-corrected chi connectivity index (χ3v) is 7.08. The van der Waals surface area contributed by atoms with Crippen LogP contribution in [0.25, 0.3) is 11.2 Å². The summed E-state index contributed by atoms with van der Waals surface area (Å²) < 4.78 is 41.6. The number of phosphoric ester groups is 1. The van der Waals surface area contributed by atoms with Gasteiger partial charge in [0, 0.05) is 24.6 Å². The van der Waals surface area contributed by atoms with Crippen molar-refractivity contribution in [2.24, 2.45) is 0 Å². The average molecular weight is 585 g/mol. The Morgan fingerprint density at radius 1 is 1.12 bits per heavy atom. The van der Waals surface area contributed by atoms with Crippen LogP contribution in [-0.2, 0) is 28.0 Å². The molecule has 5 rings (SSSR count). The molecular formula is C21H28N7O11P. The lowest BCUT2D eigenvalue weighted by Crippen LogP contribution is -2.33.